The molecule has 2 rings (SSSR count). The van der Waals surface area contributed by atoms with Crippen molar-refractivity contribution < 1.29 is 0 Å². The summed E-state index contributed by atoms with van der Waals surface area (Å²) in [5.41, 5.74) is 0. The average molecular weight is 195 g/mol. The van der Waals surface area contributed by atoms with E-state index in [1.807, 2.05) is 4.90 Å². The Labute approximate surface area is 80.8 Å². The zero-order valence-corrected chi connectivity index (χ0v) is 7.57. The topological polar surface area (TPSA) is 52.8 Å². The zero-order valence-electron chi connectivity index (χ0n) is 6.81. The van der Waals surface area contributed by atoms with Crippen molar-refractivity contribution in [2.45, 2.75) is 0 Å². The lowest BCUT2D eigenvalue weighted by molar-refractivity contribution is 0.494. The van der Waals surface area contributed by atoms with Gasteiger partial charge in [0.25, 0.3) is 0 Å². The monoisotopic (exact) mass is 194 g/mol. The summed E-state index contributed by atoms with van der Waals surface area (Å²) in [6.07, 6.45) is 3.12. The van der Waals surface area contributed by atoms with Crippen molar-refractivity contribution in [1.82, 2.24) is 9.97 Å². The summed E-state index contributed by atoms with van der Waals surface area (Å²) < 4.78 is 0. The van der Waals surface area contributed by atoms with Gasteiger partial charge in [-0.2, -0.15) is 5.26 Å². The highest BCUT2D eigenvalue weighted by Crippen LogP contribution is 2.20. The molecule has 0 spiro atoms. The Morgan fingerprint density at radius 3 is 2.62 bits per heavy atom. The van der Waals surface area contributed by atoms with E-state index in [4.69, 9.17) is 16.9 Å². The molecule has 1 aliphatic rings. The molecule has 1 aromatic heterocycles. The molecule has 1 aliphatic heterocycles. The van der Waals surface area contributed by atoms with E-state index in [0.717, 1.165) is 13.1 Å². The maximum Gasteiger partial charge on any atom is 0.225 e. The molecular formula is C8H7ClN4. The smallest absolute Gasteiger partial charge is 0.225 e. The average Bonchev–Trinajstić information content (AvgIpc) is 2.06. The van der Waals surface area contributed by atoms with Crippen LogP contribution in [0.25, 0.3) is 0 Å². The van der Waals surface area contributed by atoms with Crippen LogP contribution in [-0.2, 0) is 0 Å². The Hall–Kier alpha value is -1.34. The van der Waals surface area contributed by atoms with E-state index in [9.17, 15) is 0 Å². The second kappa shape index (κ2) is 3.19. The van der Waals surface area contributed by atoms with Crippen LogP contribution in [0.15, 0.2) is 12.4 Å². The molecule has 1 saturated heterocycles. The largest absolute Gasteiger partial charge is 0.338 e. The van der Waals surface area contributed by atoms with Crippen LogP contribution >= 0.6 is 11.6 Å². The Kier molecular flexibility index (Phi) is 2.03. The molecule has 5 heteroatoms. The SMILES string of the molecule is N#CC1CN(c2ncc(Cl)cn2)C1. The molecule has 0 unspecified atom stereocenters. The summed E-state index contributed by atoms with van der Waals surface area (Å²) >= 11 is 5.64. The van der Waals surface area contributed by atoms with Crippen molar-refractivity contribution in [2.75, 3.05) is 18.0 Å². The van der Waals surface area contributed by atoms with Gasteiger partial charge in [0.1, 0.15) is 0 Å². The number of hydrogen-bond acceptors (Lipinski definition) is 4. The van der Waals surface area contributed by atoms with Gasteiger partial charge in [-0.3, -0.25) is 0 Å². The van der Waals surface area contributed by atoms with E-state index in [1.165, 1.54) is 0 Å². The highest BCUT2D eigenvalue weighted by Gasteiger charge is 2.28. The van der Waals surface area contributed by atoms with Crippen LogP contribution in [0, 0.1) is 17.2 Å². The summed E-state index contributed by atoms with van der Waals surface area (Å²) in [5, 5.41) is 9.09. The van der Waals surface area contributed by atoms with Crippen molar-refractivity contribution in [3.63, 3.8) is 0 Å². The predicted molar refractivity (Wildman–Crippen MR) is 48.4 cm³/mol. The Morgan fingerprint density at radius 1 is 1.46 bits per heavy atom. The van der Waals surface area contributed by atoms with Gasteiger partial charge in [0.15, 0.2) is 0 Å². The molecule has 2 heterocycles. The van der Waals surface area contributed by atoms with E-state index < -0.39 is 0 Å². The Morgan fingerprint density at radius 2 is 2.08 bits per heavy atom. The van der Waals surface area contributed by atoms with Gasteiger partial charge in [0.2, 0.25) is 5.95 Å². The summed E-state index contributed by atoms with van der Waals surface area (Å²) in [7, 11) is 0. The quantitative estimate of drug-likeness (QED) is 0.672. The van der Waals surface area contributed by atoms with Gasteiger partial charge in [0.05, 0.1) is 29.4 Å². The lowest BCUT2D eigenvalue weighted by Gasteiger charge is -2.34. The first-order valence-electron chi connectivity index (χ1n) is 3.91. The molecule has 0 atom stereocenters. The van der Waals surface area contributed by atoms with Crippen LogP contribution in [0.5, 0.6) is 0 Å². The molecule has 0 bridgehead atoms. The normalized spacial score (nSPS) is 16.5. The fourth-order valence-corrected chi connectivity index (χ4v) is 1.29. The summed E-state index contributed by atoms with van der Waals surface area (Å²) in [6, 6.07) is 2.19. The maximum atomic E-state index is 8.56. The first kappa shape index (κ1) is 8.27. The molecule has 0 aromatic carbocycles. The van der Waals surface area contributed by atoms with E-state index in [2.05, 4.69) is 16.0 Å². The van der Waals surface area contributed by atoms with Gasteiger partial charge < -0.3 is 4.90 Å². The zero-order chi connectivity index (χ0) is 9.26. The summed E-state index contributed by atoms with van der Waals surface area (Å²) in [4.78, 5) is 10.0. The Balaban J connectivity index is 2.04. The molecule has 0 amide bonds. The fraction of sp³-hybridized carbons (Fsp3) is 0.375. The number of rotatable bonds is 1. The van der Waals surface area contributed by atoms with Gasteiger partial charge in [-0.25, -0.2) is 9.97 Å². The number of hydrogen-bond donors (Lipinski definition) is 0. The van der Waals surface area contributed by atoms with Gasteiger partial charge in [0, 0.05) is 13.1 Å². The third-order valence-corrected chi connectivity index (χ3v) is 2.15. The van der Waals surface area contributed by atoms with Gasteiger partial charge in [-0.15, -0.1) is 0 Å². The number of nitrogens with zero attached hydrogens (tertiary/aromatic N) is 4. The third-order valence-electron chi connectivity index (χ3n) is 1.95. The molecule has 0 radical (unpaired) electrons. The minimum Gasteiger partial charge on any atom is -0.338 e. The minimum atomic E-state index is 0.124. The standard InChI is InChI=1S/C8H7ClN4/c9-7-2-11-8(12-3-7)13-4-6(1-10)5-13/h2-3,6H,4-5H2. The highest BCUT2D eigenvalue weighted by molar-refractivity contribution is 6.30. The first-order chi connectivity index (χ1) is 6.29. The maximum absolute atomic E-state index is 8.56. The molecule has 0 aliphatic carbocycles. The van der Waals surface area contributed by atoms with Crippen LogP contribution in [0.2, 0.25) is 5.02 Å². The molecule has 1 aromatic rings. The second-order valence-corrected chi connectivity index (χ2v) is 3.37. The van der Waals surface area contributed by atoms with E-state index in [-0.39, 0.29) is 5.92 Å². The van der Waals surface area contributed by atoms with Gasteiger partial charge >= 0.3 is 0 Å². The van der Waals surface area contributed by atoms with Gasteiger partial charge in [-0.1, -0.05) is 11.6 Å². The van der Waals surface area contributed by atoms with Crippen LogP contribution in [0.1, 0.15) is 0 Å². The minimum absolute atomic E-state index is 0.124. The molecular weight excluding hydrogens is 188 g/mol. The summed E-state index contributed by atoms with van der Waals surface area (Å²) in [6.45, 7) is 1.44. The fourth-order valence-electron chi connectivity index (χ4n) is 1.19. The van der Waals surface area contributed by atoms with Gasteiger partial charge in [-0.05, 0) is 0 Å². The van der Waals surface area contributed by atoms with Crippen molar-refractivity contribution in [1.29, 1.82) is 5.26 Å². The molecule has 4 nitrogen and oxygen atoms in total. The molecule has 66 valence electrons. The number of anilines is 1. The Bertz CT molecular complexity index is 336. The molecule has 0 saturated carbocycles. The predicted octanol–water partition coefficient (Wildman–Crippen LogP) is 1.09. The van der Waals surface area contributed by atoms with Crippen LogP contribution < -0.4 is 4.90 Å². The number of aromatic nitrogens is 2. The first-order valence-corrected chi connectivity index (χ1v) is 4.29. The van der Waals surface area contributed by atoms with E-state index in [1.54, 1.807) is 12.4 Å². The highest BCUT2D eigenvalue weighted by atomic mass is 35.5. The summed E-state index contributed by atoms with van der Waals surface area (Å²) in [5.74, 6) is 0.773. The third kappa shape index (κ3) is 1.56. The number of halogens is 1. The molecule has 1 fully saturated rings. The van der Waals surface area contributed by atoms with E-state index in [0.29, 0.717) is 11.0 Å². The number of nitriles is 1. The lowest BCUT2D eigenvalue weighted by atomic mass is 10.0. The van der Waals surface area contributed by atoms with Crippen LogP contribution in [-0.4, -0.2) is 23.1 Å². The van der Waals surface area contributed by atoms with Crippen molar-refractivity contribution in [2.24, 2.45) is 5.92 Å². The lowest BCUT2D eigenvalue weighted by Crippen LogP contribution is -2.46. The van der Waals surface area contributed by atoms with Crippen LogP contribution in [0.3, 0.4) is 0 Å². The van der Waals surface area contributed by atoms with Crippen molar-refractivity contribution in [3.8, 4) is 6.07 Å². The van der Waals surface area contributed by atoms with Crippen LogP contribution in [0.4, 0.5) is 5.95 Å². The second-order valence-electron chi connectivity index (χ2n) is 2.93. The van der Waals surface area contributed by atoms with Crippen molar-refractivity contribution >= 4 is 17.5 Å². The van der Waals surface area contributed by atoms with E-state index >= 15 is 0 Å². The molecule has 13 heavy (non-hydrogen) atoms. The van der Waals surface area contributed by atoms with Crippen molar-refractivity contribution in [3.05, 3.63) is 17.4 Å². The molecule has 0 N–H and O–H groups in total.